The minimum Gasteiger partial charge on any atom is -0.862 e. The average molecular weight is 423 g/mol. The minimum atomic E-state index is -3.92. The van der Waals surface area contributed by atoms with Gasteiger partial charge in [-0.2, -0.15) is 17.6 Å². The Labute approximate surface area is 174 Å². The van der Waals surface area contributed by atoms with E-state index in [2.05, 4.69) is 5.10 Å². The fourth-order valence-electron chi connectivity index (χ4n) is 3.75. The number of nitrogens with one attached hydrogen (secondary N) is 1. The van der Waals surface area contributed by atoms with Crippen LogP contribution in [0.1, 0.15) is 6.42 Å². The lowest BCUT2D eigenvalue weighted by molar-refractivity contribution is -0.220. The molecule has 0 saturated carbocycles. The first-order valence-electron chi connectivity index (χ1n) is 9.50. The number of benzene rings is 3. The molecule has 0 bridgehead atoms. The van der Waals surface area contributed by atoms with Crippen molar-refractivity contribution >= 4 is 43.3 Å². The molecule has 0 aliphatic heterocycles. The van der Waals surface area contributed by atoms with E-state index in [1.807, 2.05) is 44.4 Å². The zero-order valence-corrected chi connectivity index (χ0v) is 17.6. The highest BCUT2D eigenvalue weighted by Gasteiger charge is 2.27. The van der Waals surface area contributed by atoms with Crippen molar-refractivity contribution < 1.29 is 13.5 Å². The zero-order chi connectivity index (χ0) is 21.5. The van der Waals surface area contributed by atoms with Crippen LogP contribution in [0.2, 0.25) is 0 Å². The summed E-state index contributed by atoms with van der Waals surface area (Å²) in [5, 5.41) is 24.7. The summed E-state index contributed by atoms with van der Waals surface area (Å²) >= 11 is 0. The number of rotatable bonds is 6. The molecule has 154 valence electrons. The van der Waals surface area contributed by atoms with Crippen LogP contribution in [0, 0.1) is 5.41 Å². The molecule has 0 amide bonds. The van der Waals surface area contributed by atoms with Gasteiger partial charge in [-0.3, -0.25) is 4.48 Å². The molecule has 3 aromatic carbocycles. The van der Waals surface area contributed by atoms with Gasteiger partial charge in [0.2, 0.25) is 0 Å². The predicted octanol–water partition coefficient (Wildman–Crippen LogP) is 2.72. The Morgan fingerprint density at radius 2 is 1.73 bits per heavy atom. The topological polar surface area (TPSA) is 98.9 Å². The number of hydrogen-bond donors (Lipinski definition) is 1. The fourth-order valence-corrected chi connectivity index (χ4v) is 5.24. The van der Waals surface area contributed by atoms with Gasteiger partial charge in [-0.1, -0.05) is 42.5 Å². The van der Waals surface area contributed by atoms with Gasteiger partial charge in [0.25, 0.3) is 10.0 Å². The Bertz CT molecular complexity index is 1370. The van der Waals surface area contributed by atoms with Crippen molar-refractivity contribution in [1.29, 1.82) is 5.41 Å². The number of hydrogen-bond acceptors (Lipinski definition) is 5. The van der Waals surface area contributed by atoms with Gasteiger partial charge in [-0.05, 0) is 29.5 Å². The van der Waals surface area contributed by atoms with Crippen LogP contribution >= 0.6 is 0 Å². The Morgan fingerprint density at radius 1 is 1.03 bits per heavy atom. The molecular formula is C22H22N4O3S. The third-order valence-electron chi connectivity index (χ3n) is 5.36. The predicted molar refractivity (Wildman–Crippen MR) is 117 cm³/mol. The maximum Gasteiger partial charge on any atom is 0.284 e. The number of nitrogens with zero attached hydrogens (tertiary/aromatic N) is 3. The quantitative estimate of drug-likeness (QED) is 0.293. The van der Waals surface area contributed by atoms with Crippen molar-refractivity contribution in [3.63, 3.8) is 0 Å². The van der Waals surface area contributed by atoms with E-state index in [0.29, 0.717) is 27.3 Å². The van der Waals surface area contributed by atoms with Gasteiger partial charge in [-0.25, -0.2) is 0 Å². The Morgan fingerprint density at radius 3 is 2.50 bits per heavy atom. The zero-order valence-electron chi connectivity index (χ0n) is 16.7. The molecule has 0 aliphatic rings. The molecule has 7 nitrogen and oxygen atoms in total. The largest absolute Gasteiger partial charge is 0.862 e. The molecule has 0 fully saturated rings. The molecular weight excluding hydrogens is 400 g/mol. The summed E-state index contributed by atoms with van der Waals surface area (Å²) in [5.74, 6) is -0.623. The molecule has 0 spiro atoms. The highest BCUT2D eigenvalue weighted by Crippen LogP contribution is 2.32. The molecule has 4 rings (SSSR count). The average Bonchev–Trinajstić information content (AvgIpc) is 3.17. The summed E-state index contributed by atoms with van der Waals surface area (Å²) in [6.07, 6.45) is 1.67. The molecule has 0 radical (unpaired) electrons. The van der Waals surface area contributed by atoms with Gasteiger partial charge in [-0.15, -0.1) is 0 Å². The second kappa shape index (κ2) is 7.23. The van der Waals surface area contributed by atoms with E-state index in [9.17, 15) is 13.5 Å². The summed E-state index contributed by atoms with van der Waals surface area (Å²) in [6.45, 7) is 0.433. The van der Waals surface area contributed by atoms with E-state index < -0.39 is 15.9 Å². The maximum absolute atomic E-state index is 13.5. The SMILES string of the molecule is C[N+](C)(CCC(=N)[O-])c1cccc2c1cnn2S(=O)(=O)c1cccc2ccccc12. The smallest absolute Gasteiger partial charge is 0.284 e. The van der Waals surface area contributed by atoms with Gasteiger partial charge in [0, 0.05) is 11.8 Å². The Balaban J connectivity index is 1.87. The van der Waals surface area contributed by atoms with E-state index in [4.69, 9.17) is 5.41 Å². The Hall–Kier alpha value is -3.23. The molecule has 8 heteroatoms. The Kier molecular flexibility index (Phi) is 4.83. The molecule has 0 saturated heterocycles. The molecule has 4 aromatic rings. The van der Waals surface area contributed by atoms with Crippen LogP contribution in [0.25, 0.3) is 21.7 Å². The van der Waals surface area contributed by atoms with Crippen LogP contribution in [-0.4, -0.2) is 44.1 Å². The molecule has 1 N–H and O–H groups in total. The van der Waals surface area contributed by atoms with Crippen molar-refractivity contribution in [3.8, 4) is 0 Å². The molecule has 0 unspecified atom stereocenters. The monoisotopic (exact) mass is 422 g/mol. The lowest BCUT2D eigenvalue weighted by atomic mass is 10.1. The van der Waals surface area contributed by atoms with Crippen LogP contribution in [0.4, 0.5) is 5.69 Å². The normalized spacial score (nSPS) is 12.5. The van der Waals surface area contributed by atoms with Gasteiger partial charge in [0.1, 0.15) is 5.69 Å². The van der Waals surface area contributed by atoms with Crippen LogP contribution in [-0.2, 0) is 10.0 Å². The summed E-state index contributed by atoms with van der Waals surface area (Å²) in [4.78, 5) is 0.199. The van der Waals surface area contributed by atoms with Crippen molar-refractivity contribution in [2.24, 2.45) is 0 Å². The molecule has 0 aliphatic carbocycles. The van der Waals surface area contributed by atoms with Crippen LogP contribution in [0.5, 0.6) is 0 Å². The lowest BCUT2D eigenvalue weighted by Crippen LogP contribution is -2.43. The first-order chi connectivity index (χ1) is 14.2. The highest BCUT2D eigenvalue weighted by atomic mass is 32.2. The number of quaternary nitrogens is 1. The standard InChI is InChI=1S/C22H22N4O3S/c1-26(2,14-13-22(23)27)20-11-6-10-19-18(20)15-24-25(19)30(28,29)21-12-5-8-16-7-3-4-9-17(16)21/h3-12,15H,13-14H2,1-2H3,(H-,23,27). The maximum atomic E-state index is 13.5. The van der Waals surface area contributed by atoms with E-state index in [-0.39, 0.29) is 11.3 Å². The summed E-state index contributed by atoms with van der Waals surface area (Å²) in [7, 11) is -0.0726. The second-order valence-electron chi connectivity index (χ2n) is 7.76. The molecule has 0 atom stereocenters. The number of fused-ring (bicyclic) bond motifs is 2. The van der Waals surface area contributed by atoms with Crippen LogP contribution < -0.4 is 9.59 Å². The summed E-state index contributed by atoms with van der Waals surface area (Å²) in [5.41, 5.74) is 1.32. The van der Waals surface area contributed by atoms with E-state index in [1.54, 1.807) is 36.5 Å². The fraction of sp³-hybridized carbons (Fsp3) is 0.182. The van der Waals surface area contributed by atoms with Crippen molar-refractivity contribution in [1.82, 2.24) is 13.7 Å². The van der Waals surface area contributed by atoms with Crippen molar-refractivity contribution in [3.05, 3.63) is 66.9 Å². The number of aromatic nitrogens is 2. The van der Waals surface area contributed by atoms with Gasteiger partial charge >= 0.3 is 0 Å². The lowest BCUT2D eigenvalue weighted by Gasteiger charge is -2.30. The highest BCUT2D eigenvalue weighted by molar-refractivity contribution is 7.90. The van der Waals surface area contributed by atoms with E-state index >= 15 is 0 Å². The van der Waals surface area contributed by atoms with E-state index in [0.717, 1.165) is 15.2 Å². The molecule has 30 heavy (non-hydrogen) atoms. The molecule has 1 aromatic heterocycles. The third-order valence-corrected chi connectivity index (χ3v) is 7.02. The summed E-state index contributed by atoms with van der Waals surface area (Å²) in [6, 6.07) is 18.0. The van der Waals surface area contributed by atoms with Gasteiger partial charge in [0.15, 0.2) is 0 Å². The van der Waals surface area contributed by atoms with Gasteiger partial charge < -0.3 is 10.5 Å². The van der Waals surface area contributed by atoms with Crippen LogP contribution in [0.3, 0.4) is 0 Å². The second-order valence-corrected chi connectivity index (χ2v) is 9.50. The molecule has 1 heterocycles. The first kappa shape index (κ1) is 20.1. The first-order valence-corrected chi connectivity index (χ1v) is 10.9. The van der Waals surface area contributed by atoms with Gasteiger partial charge in [0.05, 0.1) is 42.6 Å². The minimum absolute atomic E-state index is 0.117. The third kappa shape index (κ3) is 3.34. The summed E-state index contributed by atoms with van der Waals surface area (Å²) < 4.78 is 28.5. The van der Waals surface area contributed by atoms with E-state index in [1.165, 1.54) is 0 Å². The van der Waals surface area contributed by atoms with Crippen molar-refractivity contribution in [2.75, 3.05) is 20.6 Å². The van der Waals surface area contributed by atoms with Crippen LogP contribution in [0.15, 0.2) is 71.8 Å². The van der Waals surface area contributed by atoms with Crippen molar-refractivity contribution in [2.45, 2.75) is 11.3 Å².